The molecule has 0 N–H and O–H groups in total. The first kappa shape index (κ1) is 10.6. The van der Waals surface area contributed by atoms with Crippen molar-refractivity contribution in [2.75, 3.05) is 0 Å². The smallest absolute Gasteiger partial charge is 0.153 e. The maximum absolute atomic E-state index is 10.8. The molecule has 2 aromatic rings. The second-order valence-corrected chi connectivity index (χ2v) is 3.95. The molecule has 0 bridgehead atoms. The van der Waals surface area contributed by atoms with E-state index >= 15 is 0 Å². The average Bonchev–Trinajstić information content (AvgIpc) is 2.63. The van der Waals surface area contributed by atoms with Gasteiger partial charge in [-0.2, -0.15) is 5.10 Å². The molecule has 16 heavy (non-hydrogen) atoms. The van der Waals surface area contributed by atoms with Crippen molar-refractivity contribution in [1.82, 2.24) is 9.78 Å². The summed E-state index contributed by atoms with van der Waals surface area (Å²) in [5.41, 5.74) is 4.06. The molecule has 0 saturated carbocycles. The molecule has 2 rings (SSSR count). The third-order valence-electron chi connectivity index (χ3n) is 2.71. The Kier molecular flexibility index (Phi) is 2.86. The number of aryl methyl sites for hydroxylation is 2. The van der Waals surface area contributed by atoms with Crippen LogP contribution in [0.2, 0.25) is 0 Å². The van der Waals surface area contributed by atoms with Crippen LogP contribution in [0.1, 0.15) is 27.2 Å². The minimum Gasteiger partial charge on any atom is -0.298 e. The van der Waals surface area contributed by atoms with Gasteiger partial charge in [0.25, 0.3) is 0 Å². The van der Waals surface area contributed by atoms with Crippen LogP contribution in [0.3, 0.4) is 0 Å². The molecule has 0 aliphatic carbocycles. The van der Waals surface area contributed by atoms with E-state index in [1.54, 1.807) is 10.9 Å². The number of hydrogen-bond acceptors (Lipinski definition) is 2. The van der Waals surface area contributed by atoms with Gasteiger partial charge in [-0.3, -0.25) is 9.48 Å². The standard InChI is InChI=1S/C13H14N2O/c1-10-3-5-11(6-4-10)7-13-12(9-16)8-14-15(13)2/h3-6,8-9H,7H2,1-2H3. The second-order valence-electron chi connectivity index (χ2n) is 3.95. The van der Waals surface area contributed by atoms with Crippen LogP contribution in [-0.4, -0.2) is 16.1 Å². The summed E-state index contributed by atoms with van der Waals surface area (Å²) >= 11 is 0. The molecule has 0 aliphatic rings. The minimum atomic E-state index is 0.670. The number of aromatic nitrogens is 2. The summed E-state index contributed by atoms with van der Waals surface area (Å²) in [7, 11) is 1.86. The number of aldehydes is 1. The highest BCUT2D eigenvalue weighted by atomic mass is 16.1. The second kappa shape index (κ2) is 4.31. The fraction of sp³-hybridized carbons (Fsp3) is 0.231. The fourth-order valence-corrected chi connectivity index (χ4v) is 1.69. The van der Waals surface area contributed by atoms with Crippen molar-refractivity contribution in [3.8, 4) is 0 Å². The highest BCUT2D eigenvalue weighted by Gasteiger charge is 2.08. The summed E-state index contributed by atoms with van der Waals surface area (Å²) in [4.78, 5) is 10.8. The predicted octanol–water partition coefficient (Wildman–Crippen LogP) is 2.13. The van der Waals surface area contributed by atoms with E-state index in [0.717, 1.165) is 18.4 Å². The lowest BCUT2D eigenvalue weighted by Gasteiger charge is -2.04. The monoisotopic (exact) mass is 214 g/mol. The number of hydrogen-bond donors (Lipinski definition) is 0. The van der Waals surface area contributed by atoms with Crippen LogP contribution >= 0.6 is 0 Å². The van der Waals surface area contributed by atoms with Gasteiger partial charge in [-0.15, -0.1) is 0 Å². The zero-order valence-corrected chi connectivity index (χ0v) is 9.47. The first-order valence-electron chi connectivity index (χ1n) is 5.22. The van der Waals surface area contributed by atoms with Crippen molar-refractivity contribution in [3.63, 3.8) is 0 Å². The van der Waals surface area contributed by atoms with E-state index in [2.05, 4.69) is 36.3 Å². The molecule has 0 atom stereocenters. The molecular weight excluding hydrogens is 200 g/mol. The number of carbonyl (C=O) groups is 1. The normalized spacial score (nSPS) is 10.4. The number of benzene rings is 1. The largest absolute Gasteiger partial charge is 0.298 e. The van der Waals surface area contributed by atoms with Gasteiger partial charge in [0, 0.05) is 13.5 Å². The Hall–Kier alpha value is -1.90. The van der Waals surface area contributed by atoms with Crippen molar-refractivity contribution >= 4 is 6.29 Å². The van der Waals surface area contributed by atoms with Crippen molar-refractivity contribution < 1.29 is 4.79 Å². The molecule has 0 aliphatic heterocycles. The van der Waals surface area contributed by atoms with Crippen LogP contribution in [0, 0.1) is 6.92 Å². The van der Waals surface area contributed by atoms with Crippen molar-refractivity contribution in [3.05, 3.63) is 52.8 Å². The van der Waals surface area contributed by atoms with Crippen LogP contribution in [0.4, 0.5) is 0 Å². The van der Waals surface area contributed by atoms with Crippen LogP contribution in [0.5, 0.6) is 0 Å². The first-order chi connectivity index (χ1) is 7.70. The van der Waals surface area contributed by atoms with Crippen LogP contribution < -0.4 is 0 Å². The van der Waals surface area contributed by atoms with Gasteiger partial charge in [0.2, 0.25) is 0 Å². The summed E-state index contributed by atoms with van der Waals surface area (Å²) in [5, 5.41) is 4.09. The summed E-state index contributed by atoms with van der Waals surface area (Å²) < 4.78 is 1.75. The zero-order chi connectivity index (χ0) is 11.5. The molecule has 1 heterocycles. The number of rotatable bonds is 3. The molecule has 0 spiro atoms. The molecule has 0 saturated heterocycles. The third kappa shape index (κ3) is 2.03. The highest BCUT2D eigenvalue weighted by Crippen LogP contribution is 2.12. The molecule has 1 aromatic heterocycles. The van der Waals surface area contributed by atoms with E-state index in [4.69, 9.17) is 0 Å². The Morgan fingerprint density at radius 2 is 2.00 bits per heavy atom. The van der Waals surface area contributed by atoms with Gasteiger partial charge in [0.15, 0.2) is 6.29 Å². The van der Waals surface area contributed by atoms with E-state index in [1.807, 2.05) is 7.05 Å². The van der Waals surface area contributed by atoms with Crippen LogP contribution in [0.25, 0.3) is 0 Å². The zero-order valence-electron chi connectivity index (χ0n) is 9.47. The SMILES string of the molecule is Cc1ccc(Cc2c(C=O)cnn2C)cc1. The summed E-state index contributed by atoms with van der Waals surface area (Å²) in [6.07, 6.45) is 3.21. The fourth-order valence-electron chi connectivity index (χ4n) is 1.69. The molecule has 0 unspecified atom stereocenters. The lowest BCUT2D eigenvalue weighted by atomic mass is 10.1. The minimum absolute atomic E-state index is 0.670. The van der Waals surface area contributed by atoms with Crippen molar-refractivity contribution in [2.24, 2.45) is 7.05 Å². The Morgan fingerprint density at radius 1 is 1.31 bits per heavy atom. The molecule has 0 amide bonds. The van der Waals surface area contributed by atoms with Gasteiger partial charge < -0.3 is 0 Å². The molecular formula is C13H14N2O. The Labute approximate surface area is 94.7 Å². The van der Waals surface area contributed by atoms with Crippen LogP contribution in [-0.2, 0) is 13.5 Å². The lowest BCUT2D eigenvalue weighted by Crippen LogP contribution is -2.01. The Balaban J connectivity index is 2.29. The van der Waals surface area contributed by atoms with E-state index in [9.17, 15) is 4.79 Å². The van der Waals surface area contributed by atoms with E-state index < -0.39 is 0 Å². The maximum atomic E-state index is 10.8. The number of carbonyl (C=O) groups excluding carboxylic acids is 1. The molecule has 0 radical (unpaired) electrons. The molecule has 0 fully saturated rings. The van der Waals surface area contributed by atoms with Gasteiger partial charge >= 0.3 is 0 Å². The van der Waals surface area contributed by atoms with E-state index in [-0.39, 0.29) is 0 Å². The van der Waals surface area contributed by atoms with Crippen LogP contribution in [0.15, 0.2) is 30.5 Å². The topological polar surface area (TPSA) is 34.9 Å². The summed E-state index contributed by atoms with van der Waals surface area (Å²) in [6.45, 7) is 2.06. The third-order valence-corrected chi connectivity index (χ3v) is 2.71. The summed E-state index contributed by atoms with van der Waals surface area (Å²) in [6, 6.07) is 8.31. The first-order valence-corrected chi connectivity index (χ1v) is 5.22. The summed E-state index contributed by atoms with van der Waals surface area (Å²) in [5.74, 6) is 0. The Morgan fingerprint density at radius 3 is 2.62 bits per heavy atom. The Bertz CT molecular complexity index is 497. The van der Waals surface area contributed by atoms with Gasteiger partial charge in [-0.1, -0.05) is 29.8 Å². The van der Waals surface area contributed by atoms with Gasteiger partial charge in [-0.25, -0.2) is 0 Å². The van der Waals surface area contributed by atoms with E-state index in [0.29, 0.717) is 5.56 Å². The van der Waals surface area contributed by atoms with Gasteiger partial charge in [-0.05, 0) is 12.5 Å². The quantitative estimate of drug-likeness (QED) is 0.734. The molecule has 3 heteroatoms. The highest BCUT2D eigenvalue weighted by molar-refractivity contribution is 5.76. The predicted molar refractivity (Wildman–Crippen MR) is 62.6 cm³/mol. The lowest BCUT2D eigenvalue weighted by molar-refractivity contribution is 0.112. The van der Waals surface area contributed by atoms with Crippen molar-refractivity contribution in [1.29, 1.82) is 0 Å². The molecule has 3 nitrogen and oxygen atoms in total. The van der Waals surface area contributed by atoms with E-state index in [1.165, 1.54) is 11.1 Å². The van der Waals surface area contributed by atoms with Gasteiger partial charge in [0.05, 0.1) is 17.5 Å². The average molecular weight is 214 g/mol. The van der Waals surface area contributed by atoms with Crippen molar-refractivity contribution in [2.45, 2.75) is 13.3 Å². The molecule has 1 aromatic carbocycles. The number of nitrogens with zero attached hydrogens (tertiary/aromatic N) is 2. The molecule has 82 valence electrons. The van der Waals surface area contributed by atoms with Gasteiger partial charge in [0.1, 0.15) is 0 Å². The maximum Gasteiger partial charge on any atom is 0.153 e.